The molecule has 3 rings (SSSR count). The standard InChI is InChI=1S/C36H46N2O10/c1-25(2)33(39)45-23-31(21-43-29-11-7-5-8-12-29)47-35(41)37-19-27-15-17-28(18-16-27)20-38-36(42)48-32(24-46-34(40)26(3)4)22-44-30-13-9-6-10-14-30/h5-14,27-28,31-32H,1,3,15-24H2,2,4H3,(H,37,41)(H,38,42). The van der Waals surface area contributed by atoms with Crippen LogP contribution < -0.4 is 20.1 Å². The molecule has 0 aliphatic heterocycles. The van der Waals surface area contributed by atoms with Gasteiger partial charge in [0.15, 0.2) is 12.2 Å². The number of esters is 2. The Hall–Kier alpha value is -5.00. The fraction of sp³-hybridized carbons (Fsp3) is 0.444. The number of nitrogens with one attached hydrogen (secondary N) is 2. The van der Waals surface area contributed by atoms with E-state index in [1.54, 1.807) is 24.3 Å². The normalized spacial score (nSPS) is 16.6. The number of hydrogen-bond acceptors (Lipinski definition) is 10. The lowest BCUT2D eigenvalue weighted by atomic mass is 9.82. The summed E-state index contributed by atoms with van der Waals surface area (Å²) in [5, 5.41) is 5.62. The van der Waals surface area contributed by atoms with Crippen LogP contribution in [0, 0.1) is 11.8 Å². The molecule has 2 aromatic rings. The number of benzene rings is 2. The van der Waals surface area contributed by atoms with Crippen LogP contribution in [0.25, 0.3) is 0 Å². The summed E-state index contributed by atoms with van der Waals surface area (Å²) in [7, 11) is 0. The number of hydrogen-bond donors (Lipinski definition) is 2. The second-order valence-electron chi connectivity index (χ2n) is 11.7. The third-order valence-corrected chi connectivity index (χ3v) is 7.44. The minimum Gasteiger partial charge on any atom is -0.490 e. The molecule has 0 aromatic heterocycles. The molecule has 0 heterocycles. The molecule has 2 aromatic carbocycles. The van der Waals surface area contributed by atoms with Crippen molar-refractivity contribution in [2.45, 2.75) is 51.7 Å². The maximum absolute atomic E-state index is 12.6. The van der Waals surface area contributed by atoms with Gasteiger partial charge in [0, 0.05) is 24.2 Å². The molecule has 12 heteroatoms. The minimum atomic E-state index is -0.822. The third kappa shape index (κ3) is 14.6. The van der Waals surface area contributed by atoms with E-state index in [9.17, 15) is 19.2 Å². The van der Waals surface area contributed by atoms with E-state index in [0.29, 0.717) is 24.6 Å². The molecule has 48 heavy (non-hydrogen) atoms. The second-order valence-corrected chi connectivity index (χ2v) is 11.7. The fourth-order valence-electron chi connectivity index (χ4n) is 4.71. The van der Waals surface area contributed by atoms with Gasteiger partial charge in [-0.3, -0.25) is 0 Å². The van der Waals surface area contributed by atoms with E-state index in [2.05, 4.69) is 23.8 Å². The quantitative estimate of drug-likeness (QED) is 0.121. The fourth-order valence-corrected chi connectivity index (χ4v) is 4.71. The lowest BCUT2D eigenvalue weighted by Crippen LogP contribution is -2.39. The Labute approximate surface area is 281 Å². The van der Waals surface area contributed by atoms with Gasteiger partial charge in [0.2, 0.25) is 0 Å². The first-order valence-corrected chi connectivity index (χ1v) is 16.0. The first kappa shape index (κ1) is 37.5. The van der Waals surface area contributed by atoms with Crippen molar-refractivity contribution < 1.29 is 47.6 Å². The van der Waals surface area contributed by atoms with Crippen molar-refractivity contribution in [2.24, 2.45) is 11.8 Å². The summed E-state index contributed by atoms with van der Waals surface area (Å²) in [6.07, 6.45) is 0.497. The molecule has 0 saturated heterocycles. The number of alkyl carbamates (subject to hydrolysis) is 2. The molecule has 0 spiro atoms. The zero-order valence-corrected chi connectivity index (χ0v) is 27.7. The molecular weight excluding hydrogens is 620 g/mol. The van der Waals surface area contributed by atoms with Crippen LogP contribution in [0.1, 0.15) is 39.5 Å². The van der Waals surface area contributed by atoms with Crippen molar-refractivity contribution in [3.8, 4) is 11.5 Å². The van der Waals surface area contributed by atoms with Crippen molar-refractivity contribution in [1.29, 1.82) is 0 Å². The van der Waals surface area contributed by atoms with E-state index in [-0.39, 0.29) is 49.4 Å². The van der Waals surface area contributed by atoms with Crippen LogP contribution in [-0.2, 0) is 28.5 Å². The summed E-state index contributed by atoms with van der Waals surface area (Å²) < 4.78 is 32.8. The van der Waals surface area contributed by atoms with E-state index in [1.165, 1.54) is 13.8 Å². The number of carbonyl (C=O) groups is 4. The molecule has 12 nitrogen and oxygen atoms in total. The molecule has 260 valence electrons. The SMILES string of the molecule is C=C(C)C(=O)OCC(COc1ccccc1)OC(=O)NCC1CCC(CNC(=O)OC(COC(=O)C(=C)C)COc2ccccc2)CC1. The average Bonchev–Trinajstić information content (AvgIpc) is 3.09. The lowest BCUT2D eigenvalue weighted by molar-refractivity contribution is -0.143. The maximum Gasteiger partial charge on any atom is 0.407 e. The Morgan fingerprint density at radius 2 is 0.979 bits per heavy atom. The van der Waals surface area contributed by atoms with Crippen LogP contribution in [-0.4, -0.2) is 75.9 Å². The molecule has 2 atom stereocenters. The van der Waals surface area contributed by atoms with Crippen LogP contribution in [0.5, 0.6) is 11.5 Å². The molecule has 2 amide bonds. The van der Waals surface area contributed by atoms with Gasteiger partial charge < -0.3 is 39.1 Å². The number of para-hydroxylation sites is 2. The predicted molar refractivity (Wildman–Crippen MR) is 177 cm³/mol. The van der Waals surface area contributed by atoms with Gasteiger partial charge in [0.1, 0.15) is 37.9 Å². The zero-order valence-electron chi connectivity index (χ0n) is 27.7. The van der Waals surface area contributed by atoms with E-state index in [0.717, 1.165) is 25.7 Å². The number of rotatable bonds is 18. The van der Waals surface area contributed by atoms with Crippen molar-refractivity contribution in [2.75, 3.05) is 39.5 Å². The van der Waals surface area contributed by atoms with E-state index < -0.39 is 36.3 Å². The Kier molecular flexibility index (Phi) is 15.8. The highest BCUT2D eigenvalue weighted by atomic mass is 16.6. The van der Waals surface area contributed by atoms with Crippen LogP contribution in [0.2, 0.25) is 0 Å². The number of amides is 2. The van der Waals surface area contributed by atoms with Crippen molar-refractivity contribution in [3.05, 3.63) is 85.0 Å². The molecule has 1 fully saturated rings. The molecule has 0 radical (unpaired) electrons. The zero-order chi connectivity index (χ0) is 34.7. The highest BCUT2D eigenvalue weighted by Crippen LogP contribution is 2.28. The smallest absolute Gasteiger partial charge is 0.407 e. The van der Waals surface area contributed by atoms with Gasteiger partial charge >= 0.3 is 24.1 Å². The van der Waals surface area contributed by atoms with Gasteiger partial charge in [-0.05, 0) is 75.6 Å². The van der Waals surface area contributed by atoms with Crippen LogP contribution >= 0.6 is 0 Å². The summed E-state index contributed by atoms with van der Waals surface area (Å²) in [5.74, 6) is 0.511. The number of carbonyl (C=O) groups excluding carboxylic acids is 4. The summed E-state index contributed by atoms with van der Waals surface area (Å²) in [6.45, 7) is 10.7. The van der Waals surface area contributed by atoms with E-state index in [4.69, 9.17) is 28.4 Å². The largest absolute Gasteiger partial charge is 0.490 e. The minimum absolute atomic E-state index is 0.00187. The van der Waals surface area contributed by atoms with Gasteiger partial charge in [0.05, 0.1) is 0 Å². The highest BCUT2D eigenvalue weighted by molar-refractivity contribution is 5.87. The first-order valence-electron chi connectivity index (χ1n) is 16.0. The summed E-state index contributed by atoms with van der Waals surface area (Å²) >= 11 is 0. The Bertz CT molecular complexity index is 1240. The lowest BCUT2D eigenvalue weighted by Gasteiger charge is -2.29. The molecule has 1 aliphatic rings. The highest BCUT2D eigenvalue weighted by Gasteiger charge is 2.25. The van der Waals surface area contributed by atoms with Crippen LogP contribution in [0.3, 0.4) is 0 Å². The topological polar surface area (TPSA) is 148 Å². The molecule has 1 saturated carbocycles. The monoisotopic (exact) mass is 666 g/mol. The maximum atomic E-state index is 12.6. The predicted octanol–water partition coefficient (Wildman–Crippen LogP) is 5.38. The van der Waals surface area contributed by atoms with Gasteiger partial charge in [-0.1, -0.05) is 49.6 Å². The molecule has 0 bridgehead atoms. The number of ether oxygens (including phenoxy) is 6. The van der Waals surface area contributed by atoms with Crippen LogP contribution in [0.4, 0.5) is 9.59 Å². The first-order chi connectivity index (χ1) is 23.1. The Morgan fingerprint density at radius 1 is 0.625 bits per heavy atom. The molecule has 2 N–H and O–H groups in total. The van der Waals surface area contributed by atoms with Gasteiger partial charge in [-0.15, -0.1) is 0 Å². The molecule has 1 aliphatic carbocycles. The molecule has 2 unspecified atom stereocenters. The van der Waals surface area contributed by atoms with E-state index in [1.807, 2.05) is 36.4 Å². The Balaban J connectivity index is 1.37. The molecular formula is C36H46N2O10. The second kappa shape index (κ2) is 20.3. The van der Waals surface area contributed by atoms with Crippen molar-refractivity contribution >= 4 is 24.1 Å². The van der Waals surface area contributed by atoms with E-state index >= 15 is 0 Å². The summed E-state index contributed by atoms with van der Waals surface area (Å²) in [6, 6.07) is 18.1. The van der Waals surface area contributed by atoms with Gasteiger partial charge in [-0.2, -0.15) is 0 Å². The summed E-state index contributed by atoms with van der Waals surface area (Å²) in [5.41, 5.74) is 0.480. The van der Waals surface area contributed by atoms with Crippen LogP contribution in [0.15, 0.2) is 85.0 Å². The third-order valence-electron chi connectivity index (χ3n) is 7.44. The van der Waals surface area contributed by atoms with Crippen molar-refractivity contribution in [1.82, 2.24) is 10.6 Å². The van der Waals surface area contributed by atoms with Gasteiger partial charge in [0.25, 0.3) is 0 Å². The Morgan fingerprint density at radius 3 is 1.31 bits per heavy atom. The summed E-state index contributed by atoms with van der Waals surface area (Å²) in [4.78, 5) is 49.0. The average molecular weight is 667 g/mol. The van der Waals surface area contributed by atoms with Gasteiger partial charge in [-0.25, -0.2) is 19.2 Å². The van der Waals surface area contributed by atoms with Crippen molar-refractivity contribution in [3.63, 3.8) is 0 Å².